The van der Waals surface area contributed by atoms with Gasteiger partial charge in [-0.2, -0.15) is 10.6 Å². The lowest BCUT2D eigenvalue weighted by molar-refractivity contribution is -0.156. The summed E-state index contributed by atoms with van der Waals surface area (Å²) < 4.78 is 0. The van der Waals surface area contributed by atoms with Gasteiger partial charge in [-0.1, -0.05) is 51.9 Å². The summed E-state index contributed by atoms with van der Waals surface area (Å²) in [5.74, 6) is -0.970. The molecule has 0 aromatic heterocycles. The van der Waals surface area contributed by atoms with Crippen LogP contribution in [0, 0.1) is 0 Å². The van der Waals surface area contributed by atoms with Crippen molar-refractivity contribution in [2.45, 2.75) is 77.7 Å². The molecular formula is C15H30N4O3. The normalized spacial score (nSPS) is 13.3. The molecule has 0 saturated carbocycles. The van der Waals surface area contributed by atoms with Gasteiger partial charge in [0.05, 0.1) is 0 Å². The lowest BCUT2D eigenvalue weighted by Crippen LogP contribution is -2.36. The third-order valence-electron chi connectivity index (χ3n) is 3.03. The second kappa shape index (κ2) is 14.3. The zero-order valence-corrected chi connectivity index (χ0v) is 13.8. The van der Waals surface area contributed by atoms with Crippen LogP contribution >= 0.6 is 0 Å². The van der Waals surface area contributed by atoms with Gasteiger partial charge >= 0.3 is 5.97 Å². The van der Waals surface area contributed by atoms with Gasteiger partial charge in [0, 0.05) is 6.21 Å². The number of nitrogens with zero attached hydrogens (tertiary/aromatic N) is 2. The first-order chi connectivity index (χ1) is 10.6. The summed E-state index contributed by atoms with van der Waals surface area (Å²) in [6.07, 6.45) is 11.5. The van der Waals surface area contributed by atoms with Gasteiger partial charge in [-0.3, -0.25) is 0 Å². The Hall–Kier alpha value is -1.63. The van der Waals surface area contributed by atoms with Crippen LogP contribution in [0.3, 0.4) is 0 Å². The Balaban J connectivity index is 3.52. The molecule has 0 aromatic rings. The number of guanidine groups is 1. The number of aliphatic hydroxyl groups excluding tert-OH is 1. The van der Waals surface area contributed by atoms with Gasteiger partial charge in [-0.05, 0) is 19.8 Å². The summed E-state index contributed by atoms with van der Waals surface area (Å²) in [5.41, 5.74) is 7.51. The summed E-state index contributed by atoms with van der Waals surface area (Å²) in [4.78, 5) is 15.4. The fourth-order valence-corrected chi connectivity index (χ4v) is 1.74. The predicted molar refractivity (Wildman–Crippen MR) is 88.2 cm³/mol. The highest BCUT2D eigenvalue weighted by atomic mass is 16.7. The van der Waals surface area contributed by atoms with Crippen molar-refractivity contribution in [2.24, 2.45) is 15.9 Å². The molecule has 0 aromatic carbocycles. The quantitative estimate of drug-likeness (QED) is 0.234. The number of nitrogens with one attached hydrogen (secondary N) is 1. The summed E-state index contributed by atoms with van der Waals surface area (Å²) in [7, 11) is 0. The van der Waals surface area contributed by atoms with E-state index in [1.54, 1.807) is 6.21 Å². The van der Waals surface area contributed by atoms with Crippen LogP contribution in [0.2, 0.25) is 0 Å². The van der Waals surface area contributed by atoms with Crippen molar-refractivity contribution < 1.29 is 14.7 Å². The molecule has 0 bridgehead atoms. The fraction of sp³-hybridized carbons (Fsp3) is 0.800. The highest BCUT2D eigenvalue weighted by Crippen LogP contribution is 2.08. The first-order valence-electron chi connectivity index (χ1n) is 8.07. The second-order valence-corrected chi connectivity index (χ2v) is 5.25. The van der Waals surface area contributed by atoms with E-state index in [2.05, 4.69) is 27.4 Å². The minimum Gasteiger partial charge on any atom is -0.382 e. The number of carbonyl (C=O) groups is 1. The lowest BCUT2D eigenvalue weighted by atomic mass is 10.1. The van der Waals surface area contributed by atoms with Crippen LogP contribution in [-0.2, 0) is 9.63 Å². The standard InChI is InChI=1S/C15H30N4O3/c1-3-4-5-6-7-8-9-10-11-12-17-18-15(16)19-22-14(21)13(2)20/h12-13,20H,3-11H2,1-2H3,(H3,16,18,19). The third kappa shape index (κ3) is 13.4. The average Bonchev–Trinajstić information content (AvgIpc) is 2.50. The molecule has 0 saturated heterocycles. The molecule has 0 heterocycles. The number of hydroxylamine groups is 1. The molecule has 0 aliphatic carbocycles. The number of nitrogens with two attached hydrogens (primary N) is 1. The van der Waals surface area contributed by atoms with E-state index in [-0.39, 0.29) is 5.96 Å². The third-order valence-corrected chi connectivity index (χ3v) is 3.03. The van der Waals surface area contributed by atoms with Crippen molar-refractivity contribution in [3.8, 4) is 0 Å². The molecule has 1 atom stereocenters. The van der Waals surface area contributed by atoms with Crippen LogP contribution in [0.5, 0.6) is 0 Å². The summed E-state index contributed by atoms with van der Waals surface area (Å²) in [6.45, 7) is 3.51. The SMILES string of the molecule is CCCCCCCCCCC=NN=C(N)NOC(=O)C(C)O. The highest BCUT2D eigenvalue weighted by molar-refractivity contribution is 5.80. The van der Waals surface area contributed by atoms with E-state index < -0.39 is 12.1 Å². The number of unbranched alkanes of at least 4 members (excludes halogenated alkanes) is 8. The van der Waals surface area contributed by atoms with E-state index in [9.17, 15) is 4.79 Å². The van der Waals surface area contributed by atoms with Crippen LogP contribution in [-0.4, -0.2) is 29.4 Å². The highest BCUT2D eigenvalue weighted by Gasteiger charge is 2.10. The van der Waals surface area contributed by atoms with Crippen molar-refractivity contribution in [3.05, 3.63) is 0 Å². The van der Waals surface area contributed by atoms with Gasteiger partial charge in [-0.25, -0.2) is 4.79 Å². The first-order valence-corrected chi connectivity index (χ1v) is 8.07. The first kappa shape index (κ1) is 20.4. The molecule has 0 aliphatic rings. The predicted octanol–water partition coefficient (Wildman–Crippen LogP) is 2.25. The van der Waals surface area contributed by atoms with Gasteiger partial charge in [-0.15, -0.1) is 5.10 Å². The molecule has 22 heavy (non-hydrogen) atoms. The number of carbonyl (C=O) groups excluding carboxylic acids is 1. The molecule has 0 rings (SSSR count). The number of rotatable bonds is 11. The molecule has 0 radical (unpaired) electrons. The van der Waals surface area contributed by atoms with Gasteiger partial charge in [0.2, 0.25) is 5.96 Å². The minimum absolute atomic E-state index is 0.138. The Labute approximate surface area is 133 Å². The molecule has 0 fully saturated rings. The Bertz CT molecular complexity index is 344. The van der Waals surface area contributed by atoms with Crippen LogP contribution in [0.1, 0.15) is 71.6 Å². The Kier molecular flexibility index (Phi) is 13.3. The summed E-state index contributed by atoms with van der Waals surface area (Å²) in [5, 5.41) is 16.3. The number of aliphatic hydroxyl groups is 1. The van der Waals surface area contributed by atoms with E-state index in [0.717, 1.165) is 12.8 Å². The van der Waals surface area contributed by atoms with E-state index in [4.69, 9.17) is 10.8 Å². The fourth-order valence-electron chi connectivity index (χ4n) is 1.74. The molecular weight excluding hydrogens is 284 g/mol. The zero-order valence-electron chi connectivity index (χ0n) is 13.8. The maximum atomic E-state index is 10.9. The maximum Gasteiger partial charge on any atom is 0.360 e. The summed E-state index contributed by atoms with van der Waals surface area (Å²) in [6, 6.07) is 0. The molecule has 0 spiro atoms. The van der Waals surface area contributed by atoms with E-state index in [1.807, 2.05) is 0 Å². The average molecular weight is 314 g/mol. The van der Waals surface area contributed by atoms with Crippen LogP contribution in [0.25, 0.3) is 0 Å². The molecule has 0 aliphatic heterocycles. The van der Waals surface area contributed by atoms with Crippen molar-refractivity contribution in [2.75, 3.05) is 0 Å². The maximum absolute atomic E-state index is 10.9. The van der Waals surface area contributed by atoms with Crippen LogP contribution in [0.4, 0.5) is 0 Å². The number of hydrogen-bond acceptors (Lipinski definition) is 5. The van der Waals surface area contributed by atoms with Crippen molar-refractivity contribution in [1.82, 2.24) is 5.48 Å². The van der Waals surface area contributed by atoms with Crippen molar-refractivity contribution >= 4 is 18.1 Å². The number of hydrogen-bond donors (Lipinski definition) is 3. The van der Waals surface area contributed by atoms with Crippen molar-refractivity contribution in [3.63, 3.8) is 0 Å². The zero-order chi connectivity index (χ0) is 16.6. The summed E-state index contributed by atoms with van der Waals surface area (Å²) >= 11 is 0. The molecule has 128 valence electrons. The van der Waals surface area contributed by atoms with Gasteiger partial charge in [0.1, 0.15) is 0 Å². The molecule has 4 N–H and O–H groups in total. The van der Waals surface area contributed by atoms with Gasteiger partial charge < -0.3 is 15.7 Å². The van der Waals surface area contributed by atoms with Gasteiger partial charge in [0.15, 0.2) is 6.10 Å². The minimum atomic E-state index is -1.22. The van der Waals surface area contributed by atoms with Gasteiger partial charge in [0.25, 0.3) is 0 Å². The van der Waals surface area contributed by atoms with Crippen LogP contribution in [0.15, 0.2) is 10.2 Å². The van der Waals surface area contributed by atoms with Crippen molar-refractivity contribution in [1.29, 1.82) is 0 Å². The van der Waals surface area contributed by atoms with E-state index >= 15 is 0 Å². The topological polar surface area (TPSA) is 109 Å². The van der Waals surface area contributed by atoms with E-state index in [0.29, 0.717) is 0 Å². The molecule has 0 amide bonds. The lowest BCUT2D eigenvalue weighted by Gasteiger charge is -2.05. The Morgan fingerprint density at radius 3 is 2.41 bits per heavy atom. The molecule has 7 nitrogen and oxygen atoms in total. The smallest absolute Gasteiger partial charge is 0.360 e. The monoisotopic (exact) mass is 314 g/mol. The Morgan fingerprint density at radius 2 is 1.82 bits per heavy atom. The molecule has 1 unspecified atom stereocenters. The largest absolute Gasteiger partial charge is 0.382 e. The Morgan fingerprint density at radius 1 is 1.23 bits per heavy atom. The van der Waals surface area contributed by atoms with E-state index in [1.165, 1.54) is 51.9 Å². The van der Waals surface area contributed by atoms with Crippen LogP contribution < -0.4 is 11.2 Å². The second-order valence-electron chi connectivity index (χ2n) is 5.25. The molecule has 7 heteroatoms.